The summed E-state index contributed by atoms with van der Waals surface area (Å²) in [7, 11) is 0. The van der Waals surface area contributed by atoms with Gasteiger partial charge in [-0.05, 0) is 57.4 Å². The predicted octanol–water partition coefficient (Wildman–Crippen LogP) is 4.77. The first kappa shape index (κ1) is 19.9. The van der Waals surface area contributed by atoms with Gasteiger partial charge in [-0.15, -0.1) is 0 Å². The lowest BCUT2D eigenvalue weighted by Gasteiger charge is -2.51. The Hall–Kier alpha value is -0.870. The van der Waals surface area contributed by atoms with E-state index in [1.165, 1.54) is 69.7 Å². The minimum absolute atomic E-state index is 0.105. The maximum Gasteiger partial charge on any atom is 0.115 e. The van der Waals surface area contributed by atoms with Crippen LogP contribution in [-0.2, 0) is 5.66 Å². The molecular weight excluding hydrogens is 320 g/mol. The smallest absolute Gasteiger partial charge is 0.115 e. The zero-order valence-electron chi connectivity index (χ0n) is 18.0. The second kappa shape index (κ2) is 8.02. The van der Waals surface area contributed by atoms with E-state index >= 15 is 0 Å². The summed E-state index contributed by atoms with van der Waals surface area (Å²) in [5, 5.41) is 5.22. The average Bonchev–Trinajstić information content (AvgIpc) is 3.09. The van der Waals surface area contributed by atoms with E-state index in [0.717, 1.165) is 0 Å². The second-order valence-electron chi connectivity index (χ2n) is 9.38. The van der Waals surface area contributed by atoms with Crippen molar-refractivity contribution in [1.29, 1.82) is 0 Å². The zero-order chi connectivity index (χ0) is 18.9. The normalized spacial score (nSPS) is 22.7. The molecule has 4 nitrogen and oxygen atoms in total. The summed E-state index contributed by atoms with van der Waals surface area (Å²) in [5.41, 5.74) is 2.80. The molecule has 0 atom stereocenters. The van der Waals surface area contributed by atoms with Crippen molar-refractivity contribution in [3.63, 3.8) is 0 Å². The molecule has 0 N–H and O–H groups in total. The molecule has 0 bridgehead atoms. The lowest BCUT2D eigenvalue weighted by atomic mass is 9.86. The molecule has 0 aromatic carbocycles. The number of hydrogen-bond donors (Lipinski definition) is 0. The van der Waals surface area contributed by atoms with Crippen molar-refractivity contribution < 1.29 is 0 Å². The fraction of sp³-hybridized carbons (Fsp3) is 0.864. The maximum atomic E-state index is 5.22. The minimum atomic E-state index is 0.105. The molecule has 0 unspecified atom stereocenters. The van der Waals surface area contributed by atoms with Gasteiger partial charge in [0.2, 0.25) is 0 Å². The van der Waals surface area contributed by atoms with Gasteiger partial charge in [-0.25, -0.2) is 4.68 Å². The lowest BCUT2D eigenvalue weighted by Crippen LogP contribution is -2.60. The predicted molar refractivity (Wildman–Crippen MR) is 110 cm³/mol. The van der Waals surface area contributed by atoms with Crippen molar-refractivity contribution >= 4 is 0 Å². The van der Waals surface area contributed by atoms with Gasteiger partial charge in [-0.1, -0.05) is 34.1 Å². The van der Waals surface area contributed by atoms with Crippen LogP contribution in [-0.4, -0.2) is 51.8 Å². The minimum Gasteiger partial charge on any atom is -0.298 e. The SMILES string of the molecule is CC(C)c1cc(C(C)C)n(C2(N3CCN(C(C)C)CC3)CCCCC2)n1. The fourth-order valence-corrected chi connectivity index (χ4v) is 4.88. The molecule has 0 amide bonds. The quantitative estimate of drug-likeness (QED) is 0.756. The highest BCUT2D eigenvalue weighted by atomic mass is 15.5. The summed E-state index contributed by atoms with van der Waals surface area (Å²) in [4.78, 5) is 5.41. The van der Waals surface area contributed by atoms with Gasteiger partial charge in [-0.3, -0.25) is 9.80 Å². The van der Waals surface area contributed by atoms with Crippen LogP contribution in [0.3, 0.4) is 0 Å². The number of piperazine rings is 1. The number of hydrogen-bond acceptors (Lipinski definition) is 3. The average molecular weight is 361 g/mol. The van der Waals surface area contributed by atoms with Crippen LogP contribution in [0.4, 0.5) is 0 Å². The summed E-state index contributed by atoms with van der Waals surface area (Å²) < 4.78 is 2.48. The van der Waals surface area contributed by atoms with Crippen LogP contribution in [0.15, 0.2) is 6.07 Å². The van der Waals surface area contributed by atoms with Crippen molar-refractivity contribution in [3.05, 3.63) is 17.5 Å². The Balaban J connectivity index is 1.96. The van der Waals surface area contributed by atoms with E-state index < -0.39 is 0 Å². The van der Waals surface area contributed by atoms with Gasteiger partial charge in [0, 0.05) is 37.9 Å². The largest absolute Gasteiger partial charge is 0.298 e. The molecule has 2 aliphatic rings. The third-order valence-corrected chi connectivity index (χ3v) is 6.62. The van der Waals surface area contributed by atoms with Crippen LogP contribution in [0.5, 0.6) is 0 Å². The fourth-order valence-electron chi connectivity index (χ4n) is 4.88. The van der Waals surface area contributed by atoms with Crippen LogP contribution in [0.2, 0.25) is 0 Å². The van der Waals surface area contributed by atoms with E-state index in [2.05, 4.69) is 62.1 Å². The molecule has 2 heterocycles. The van der Waals surface area contributed by atoms with Gasteiger partial charge in [0.25, 0.3) is 0 Å². The molecule has 148 valence electrons. The third kappa shape index (κ3) is 3.73. The van der Waals surface area contributed by atoms with Gasteiger partial charge >= 0.3 is 0 Å². The van der Waals surface area contributed by atoms with Crippen molar-refractivity contribution in [2.45, 2.75) is 97.2 Å². The van der Waals surface area contributed by atoms with Crippen LogP contribution in [0, 0.1) is 0 Å². The van der Waals surface area contributed by atoms with Crippen LogP contribution in [0.1, 0.15) is 96.9 Å². The van der Waals surface area contributed by atoms with Gasteiger partial charge in [-0.2, -0.15) is 5.10 Å². The zero-order valence-corrected chi connectivity index (χ0v) is 18.0. The van der Waals surface area contributed by atoms with Crippen LogP contribution < -0.4 is 0 Å². The summed E-state index contributed by atoms with van der Waals surface area (Å²) in [6.07, 6.45) is 6.56. The number of aromatic nitrogens is 2. The molecule has 1 saturated carbocycles. The third-order valence-electron chi connectivity index (χ3n) is 6.62. The van der Waals surface area contributed by atoms with Crippen LogP contribution in [0.25, 0.3) is 0 Å². The van der Waals surface area contributed by atoms with E-state index in [0.29, 0.717) is 17.9 Å². The highest BCUT2D eigenvalue weighted by Crippen LogP contribution is 2.41. The Morgan fingerprint density at radius 1 is 0.846 bits per heavy atom. The Bertz CT molecular complexity index is 573. The van der Waals surface area contributed by atoms with Crippen molar-refractivity contribution in [2.75, 3.05) is 26.2 Å². The second-order valence-corrected chi connectivity index (χ2v) is 9.38. The molecule has 0 spiro atoms. The lowest BCUT2D eigenvalue weighted by molar-refractivity contribution is -0.0605. The highest BCUT2D eigenvalue weighted by molar-refractivity contribution is 5.19. The monoisotopic (exact) mass is 360 g/mol. The molecular formula is C22H40N4. The van der Waals surface area contributed by atoms with E-state index in [-0.39, 0.29) is 5.66 Å². The van der Waals surface area contributed by atoms with Crippen molar-refractivity contribution in [2.24, 2.45) is 0 Å². The number of nitrogens with zero attached hydrogens (tertiary/aromatic N) is 4. The molecule has 1 saturated heterocycles. The van der Waals surface area contributed by atoms with E-state index in [9.17, 15) is 0 Å². The topological polar surface area (TPSA) is 24.3 Å². The Kier molecular flexibility index (Phi) is 6.13. The Morgan fingerprint density at radius 2 is 1.46 bits per heavy atom. The van der Waals surface area contributed by atoms with Crippen molar-refractivity contribution in [1.82, 2.24) is 19.6 Å². The molecule has 26 heavy (non-hydrogen) atoms. The Labute approximate surface area is 160 Å². The van der Waals surface area contributed by atoms with Crippen LogP contribution >= 0.6 is 0 Å². The molecule has 1 aliphatic heterocycles. The molecule has 1 aliphatic carbocycles. The maximum absolute atomic E-state index is 5.22. The standard InChI is InChI=1S/C22H40N4/c1-17(2)20-16-21(18(3)4)26(23-20)22(10-8-7-9-11-22)25-14-12-24(13-15-25)19(5)6/h16-19H,7-15H2,1-6H3. The molecule has 0 radical (unpaired) electrons. The van der Waals surface area contributed by atoms with E-state index in [1.807, 2.05) is 0 Å². The summed E-state index contributed by atoms with van der Waals surface area (Å²) in [6, 6.07) is 3.04. The van der Waals surface area contributed by atoms with Gasteiger partial charge in [0.15, 0.2) is 0 Å². The molecule has 3 rings (SSSR count). The molecule has 4 heteroatoms. The van der Waals surface area contributed by atoms with E-state index in [4.69, 9.17) is 5.10 Å². The first-order valence-electron chi connectivity index (χ1n) is 10.9. The first-order valence-corrected chi connectivity index (χ1v) is 10.9. The molecule has 1 aromatic rings. The highest BCUT2D eigenvalue weighted by Gasteiger charge is 2.43. The van der Waals surface area contributed by atoms with E-state index in [1.54, 1.807) is 0 Å². The van der Waals surface area contributed by atoms with Gasteiger partial charge in [0.1, 0.15) is 5.66 Å². The summed E-state index contributed by atoms with van der Waals surface area (Å²) >= 11 is 0. The first-order chi connectivity index (χ1) is 12.3. The van der Waals surface area contributed by atoms with Gasteiger partial charge in [0.05, 0.1) is 5.69 Å². The summed E-state index contributed by atoms with van der Waals surface area (Å²) in [5.74, 6) is 1.01. The van der Waals surface area contributed by atoms with Gasteiger partial charge < -0.3 is 0 Å². The summed E-state index contributed by atoms with van der Waals surface area (Å²) in [6.45, 7) is 18.6. The van der Waals surface area contributed by atoms with Crippen molar-refractivity contribution in [3.8, 4) is 0 Å². The molecule has 1 aromatic heterocycles. The Morgan fingerprint density at radius 3 is 1.96 bits per heavy atom. The number of rotatable bonds is 5. The molecule has 2 fully saturated rings.